The number of pyridine rings is 1. The molecule has 1 atom stereocenters. The van der Waals surface area contributed by atoms with E-state index in [0.717, 1.165) is 33.7 Å². The van der Waals surface area contributed by atoms with Crippen LogP contribution >= 0.6 is 0 Å². The third-order valence-corrected chi connectivity index (χ3v) is 5.99. The van der Waals surface area contributed by atoms with Gasteiger partial charge < -0.3 is 0 Å². The highest BCUT2D eigenvalue weighted by Gasteiger charge is 2.42. The van der Waals surface area contributed by atoms with E-state index in [1.807, 2.05) is 32.1 Å². The van der Waals surface area contributed by atoms with Gasteiger partial charge in [0.1, 0.15) is 5.82 Å². The molecule has 1 aromatic heterocycles. The first-order valence-corrected chi connectivity index (χ1v) is 10.7. The summed E-state index contributed by atoms with van der Waals surface area (Å²) in [5.74, 6) is 0.473. The number of hydrogen-bond acceptors (Lipinski definition) is 3. The number of hydrogen-bond donors (Lipinski definition) is 1. The number of benzene rings is 1. The lowest BCUT2D eigenvalue weighted by molar-refractivity contribution is -0.118. The van der Waals surface area contributed by atoms with E-state index in [-0.39, 0.29) is 23.1 Å². The number of carbonyl (C=O) groups is 2. The smallest absolute Gasteiger partial charge is 0.294 e. The molecule has 0 saturated heterocycles. The number of anilines is 1. The number of aryl methyl sites for hydroxylation is 2. The predicted molar refractivity (Wildman–Crippen MR) is 123 cm³/mol. The summed E-state index contributed by atoms with van der Waals surface area (Å²) in [6, 6.07) is 11.7. The number of allylic oxidation sites excluding steroid dienone is 4. The van der Waals surface area contributed by atoms with Crippen molar-refractivity contribution in [2.45, 2.75) is 53.4 Å². The number of aromatic nitrogens is 1. The normalized spacial score (nSPS) is 20.3. The van der Waals surface area contributed by atoms with Gasteiger partial charge in [-0.15, -0.1) is 0 Å². The van der Waals surface area contributed by atoms with E-state index in [2.05, 4.69) is 49.3 Å². The molecule has 0 spiro atoms. The Kier molecular flexibility index (Phi) is 5.29. The van der Waals surface area contributed by atoms with Crippen LogP contribution in [-0.2, 0) is 4.79 Å². The van der Waals surface area contributed by atoms with Crippen LogP contribution in [0, 0.1) is 19.3 Å². The molecule has 2 heterocycles. The molecule has 31 heavy (non-hydrogen) atoms. The first-order valence-electron chi connectivity index (χ1n) is 10.7. The van der Waals surface area contributed by atoms with Crippen LogP contribution in [0.5, 0.6) is 0 Å². The van der Waals surface area contributed by atoms with Gasteiger partial charge in [-0.05, 0) is 49.8 Å². The quantitative estimate of drug-likeness (QED) is 0.666. The van der Waals surface area contributed by atoms with E-state index in [1.165, 1.54) is 0 Å². The van der Waals surface area contributed by atoms with Crippen molar-refractivity contribution in [3.05, 3.63) is 82.3 Å². The minimum Gasteiger partial charge on any atom is -0.294 e. The number of nitrogens with zero attached hydrogens (tertiary/aromatic N) is 2. The number of carbonyl (C=O) groups excluding carboxylic acids is 2. The molecule has 0 bridgehead atoms. The highest BCUT2D eigenvalue weighted by atomic mass is 16.2. The first kappa shape index (κ1) is 21.0. The van der Waals surface area contributed by atoms with Gasteiger partial charge in [-0.25, -0.2) is 9.78 Å². The standard InChI is InChI=1S/C26H29N3O2/c1-16-7-6-8-19(11-16)20-12-18(3)29(21-13-26(4,5)14-22(30)24(20)21)25(31)28-23-10-9-17(2)15-27-23/h6-12,15,20H,13-14H2,1-5H3,(H,27,28,31). The molecule has 160 valence electrons. The molecule has 2 aromatic rings. The SMILES string of the molecule is CC1=CC(c2cccc(C)c2)C2=C(CC(C)(C)CC2=O)N1C(=O)Nc1ccc(C)cn1. The summed E-state index contributed by atoms with van der Waals surface area (Å²) in [5, 5.41) is 2.90. The third kappa shape index (κ3) is 4.18. The Hall–Kier alpha value is -3.21. The number of Topliss-reactive ketones (excluding diaryl/α,β-unsaturated/α-hetero) is 1. The zero-order valence-electron chi connectivity index (χ0n) is 18.8. The van der Waals surface area contributed by atoms with E-state index >= 15 is 0 Å². The highest BCUT2D eigenvalue weighted by molar-refractivity contribution is 6.02. The summed E-state index contributed by atoms with van der Waals surface area (Å²) >= 11 is 0. The Morgan fingerprint density at radius 2 is 1.87 bits per heavy atom. The molecular weight excluding hydrogens is 386 g/mol. The molecule has 0 radical (unpaired) electrons. The molecule has 1 aromatic carbocycles. The molecule has 2 amide bonds. The average Bonchev–Trinajstić information content (AvgIpc) is 2.68. The topological polar surface area (TPSA) is 62.3 Å². The highest BCUT2D eigenvalue weighted by Crippen LogP contribution is 2.47. The molecule has 0 fully saturated rings. The van der Waals surface area contributed by atoms with Crippen molar-refractivity contribution in [3.63, 3.8) is 0 Å². The van der Waals surface area contributed by atoms with Crippen LogP contribution in [0.15, 0.2) is 65.6 Å². The maximum Gasteiger partial charge on any atom is 0.331 e. The number of urea groups is 1. The lowest BCUT2D eigenvalue weighted by Gasteiger charge is -2.42. The predicted octanol–water partition coefficient (Wildman–Crippen LogP) is 5.88. The molecule has 1 aliphatic heterocycles. The van der Waals surface area contributed by atoms with Crippen molar-refractivity contribution < 1.29 is 9.59 Å². The van der Waals surface area contributed by atoms with Gasteiger partial charge in [0, 0.05) is 35.5 Å². The maximum atomic E-state index is 13.3. The van der Waals surface area contributed by atoms with E-state index in [0.29, 0.717) is 18.7 Å². The minimum atomic E-state index is -0.286. The van der Waals surface area contributed by atoms with Gasteiger partial charge >= 0.3 is 6.03 Å². The second-order valence-corrected chi connectivity index (χ2v) is 9.49. The van der Waals surface area contributed by atoms with Crippen LogP contribution in [0.25, 0.3) is 0 Å². The van der Waals surface area contributed by atoms with Crippen molar-refractivity contribution in [3.8, 4) is 0 Å². The summed E-state index contributed by atoms with van der Waals surface area (Å²) < 4.78 is 0. The van der Waals surface area contributed by atoms with Gasteiger partial charge in [0.25, 0.3) is 0 Å². The molecule has 1 N–H and O–H groups in total. The number of amides is 2. The Bertz CT molecular complexity index is 1110. The van der Waals surface area contributed by atoms with Crippen molar-refractivity contribution in [1.82, 2.24) is 9.88 Å². The van der Waals surface area contributed by atoms with Gasteiger partial charge in [0.15, 0.2) is 5.78 Å². The van der Waals surface area contributed by atoms with Crippen molar-refractivity contribution in [1.29, 1.82) is 0 Å². The van der Waals surface area contributed by atoms with E-state index in [9.17, 15) is 9.59 Å². The molecule has 4 rings (SSSR count). The van der Waals surface area contributed by atoms with E-state index < -0.39 is 0 Å². The summed E-state index contributed by atoms with van der Waals surface area (Å²) in [6.07, 6.45) is 4.90. The van der Waals surface area contributed by atoms with Gasteiger partial charge in [-0.1, -0.05) is 55.8 Å². The van der Waals surface area contributed by atoms with Crippen LogP contribution in [0.2, 0.25) is 0 Å². The number of rotatable bonds is 2. The Balaban J connectivity index is 1.77. The Morgan fingerprint density at radius 3 is 2.55 bits per heavy atom. The maximum absolute atomic E-state index is 13.3. The van der Waals surface area contributed by atoms with E-state index in [4.69, 9.17) is 0 Å². The first-order chi connectivity index (χ1) is 14.6. The fourth-order valence-corrected chi connectivity index (χ4v) is 4.58. The largest absolute Gasteiger partial charge is 0.331 e. The second-order valence-electron chi connectivity index (χ2n) is 9.49. The van der Waals surface area contributed by atoms with Crippen molar-refractivity contribution in [2.75, 3.05) is 5.32 Å². The Morgan fingerprint density at radius 1 is 1.10 bits per heavy atom. The monoisotopic (exact) mass is 415 g/mol. The van der Waals surface area contributed by atoms with Crippen LogP contribution in [0.1, 0.15) is 56.2 Å². The van der Waals surface area contributed by atoms with Crippen LogP contribution in [0.3, 0.4) is 0 Å². The summed E-state index contributed by atoms with van der Waals surface area (Å²) in [6.45, 7) is 10.1. The van der Waals surface area contributed by atoms with Gasteiger partial charge in [-0.2, -0.15) is 0 Å². The average molecular weight is 416 g/mol. The Labute approximate surface area is 183 Å². The number of ketones is 1. The minimum absolute atomic E-state index is 0.118. The fraction of sp³-hybridized carbons (Fsp3) is 0.346. The van der Waals surface area contributed by atoms with Crippen molar-refractivity contribution >= 4 is 17.6 Å². The molecule has 0 saturated carbocycles. The lowest BCUT2D eigenvalue weighted by Crippen LogP contribution is -2.42. The summed E-state index contributed by atoms with van der Waals surface area (Å²) in [4.78, 5) is 32.6. The summed E-state index contributed by atoms with van der Waals surface area (Å²) in [7, 11) is 0. The van der Waals surface area contributed by atoms with Crippen LogP contribution in [0.4, 0.5) is 10.6 Å². The fourth-order valence-electron chi connectivity index (χ4n) is 4.58. The summed E-state index contributed by atoms with van der Waals surface area (Å²) in [5.41, 5.74) is 5.42. The van der Waals surface area contributed by atoms with Crippen molar-refractivity contribution in [2.24, 2.45) is 5.41 Å². The van der Waals surface area contributed by atoms with Crippen LogP contribution < -0.4 is 5.32 Å². The second kappa shape index (κ2) is 7.80. The van der Waals surface area contributed by atoms with Gasteiger partial charge in [-0.3, -0.25) is 15.0 Å². The zero-order valence-corrected chi connectivity index (χ0v) is 18.8. The molecule has 1 unspecified atom stereocenters. The molecule has 1 aliphatic carbocycles. The molecule has 2 aliphatic rings. The van der Waals surface area contributed by atoms with E-state index in [1.54, 1.807) is 17.2 Å². The molecular formula is C26H29N3O2. The third-order valence-electron chi connectivity index (χ3n) is 5.99. The van der Waals surface area contributed by atoms with Gasteiger partial charge in [0.05, 0.1) is 0 Å². The zero-order chi connectivity index (χ0) is 22.3. The number of nitrogens with one attached hydrogen (secondary N) is 1. The molecule has 5 nitrogen and oxygen atoms in total. The molecule has 5 heteroatoms. The van der Waals surface area contributed by atoms with Crippen LogP contribution in [-0.4, -0.2) is 21.7 Å². The lowest BCUT2D eigenvalue weighted by atomic mass is 9.70. The van der Waals surface area contributed by atoms with Gasteiger partial charge in [0.2, 0.25) is 0 Å².